The molecule has 1 aromatic carbocycles. The Balaban J connectivity index is 2.37. The number of rotatable bonds is 3. The summed E-state index contributed by atoms with van der Waals surface area (Å²) < 4.78 is 5.47. The highest BCUT2D eigenvalue weighted by Gasteiger charge is 2.22. The van der Waals surface area contributed by atoms with Gasteiger partial charge in [0, 0.05) is 5.39 Å². The molecule has 0 amide bonds. The molecule has 0 bridgehead atoms. The van der Waals surface area contributed by atoms with Gasteiger partial charge < -0.3 is 10.2 Å². The van der Waals surface area contributed by atoms with Crippen LogP contribution in [0.4, 0.5) is 0 Å². The first-order chi connectivity index (χ1) is 7.59. The second-order valence-corrected chi connectivity index (χ2v) is 4.28. The molecule has 0 saturated heterocycles. The Hall–Kier alpha value is -1.61. The zero-order valence-corrected chi connectivity index (χ0v) is 9.44. The van der Waals surface area contributed by atoms with E-state index in [1.54, 1.807) is 6.07 Å². The maximum Gasteiger partial charge on any atom is 0.214 e. The Labute approximate surface area is 94.2 Å². The van der Waals surface area contributed by atoms with Gasteiger partial charge in [-0.15, -0.1) is 0 Å². The van der Waals surface area contributed by atoms with E-state index in [1.165, 1.54) is 0 Å². The van der Waals surface area contributed by atoms with Gasteiger partial charge in [0.15, 0.2) is 5.76 Å². The quantitative estimate of drug-likeness (QED) is 0.804. The molecule has 1 atom stereocenters. The van der Waals surface area contributed by atoms with E-state index in [9.17, 15) is 4.79 Å². The standard InChI is InChI=1S/C13H15NO2/c1-8(2)12(14)13(15)11-7-9-5-3-4-6-10(9)16-11/h3-8,12H,14H2,1-2H3. The van der Waals surface area contributed by atoms with Crippen LogP contribution < -0.4 is 5.73 Å². The third-order valence-electron chi connectivity index (χ3n) is 2.69. The first-order valence-corrected chi connectivity index (χ1v) is 5.38. The van der Waals surface area contributed by atoms with Crippen molar-refractivity contribution in [1.29, 1.82) is 0 Å². The van der Waals surface area contributed by atoms with Crippen molar-refractivity contribution in [2.24, 2.45) is 11.7 Å². The first-order valence-electron chi connectivity index (χ1n) is 5.38. The molecule has 0 radical (unpaired) electrons. The SMILES string of the molecule is CC(C)C(N)C(=O)c1cc2ccccc2o1. The van der Waals surface area contributed by atoms with Crippen LogP contribution in [0.3, 0.4) is 0 Å². The molecule has 0 spiro atoms. The molecular weight excluding hydrogens is 202 g/mol. The fourth-order valence-corrected chi connectivity index (χ4v) is 1.57. The lowest BCUT2D eigenvalue weighted by Crippen LogP contribution is -2.35. The van der Waals surface area contributed by atoms with Gasteiger partial charge >= 0.3 is 0 Å². The minimum atomic E-state index is -0.499. The monoisotopic (exact) mass is 217 g/mol. The normalized spacial score (nSPS) is 13.2. The van der Waals surface area contributed by atoms with Gasteiger partial charge in [-0.1, -0.05) is 32.0 Å². The number of Topliss-reactive ketones (excluding diaryl/α,β-unsaturated/α-hetero) is 1. The summed E-state index contributed by atoms with van der Waals surface area (Å²) in [5, 5.41) is 0.932. The van der Waals surface area contributed by atoms with Crippen LogP contribution in [0.2, 0.25) is 0 Å². The largest absolute Gasteiger partial charge is 0.453 e. The van der Waals surface area contributed by atoms with Crippen molar-refractivity contribution in [2.75, 3.05) is 0 Å². The molecule has 0 aliphatic carbocycles. The Morgan fingerprint density at radius 3 is 2.62 bits per heavy atom. The maximum absolute atomic E-state index is 11.9. The fourth-order valence-electron chi connectivity index (χ4n) is 1.57. The van der Waals surface area contributed by atoms with Crippen molar-refractivity contribution in [3.05, 3.63) is 36.1 Å². The Bertz CT molecular complexity index is 480. The van der Waals surface area contributed by atoms with Gasteiger partial charge in [0.2, 0.25) is 5.78 Å². The molecule has 3 nitrogen and oxygen atoms in total. The molecule has 0 fully saturated rings. The molecule has 3 heteroatoms. The van der Waals surface area contributed by atoms with Crippen molar-refractivity contribution in [2.45, 2.75) is 19.9 Å². The number of hydrogen-bond acceptors (Lipinski definition) is 3. The van der Waals surface area contributed by atoms with E-state index in [1.807, 2.05) is 38.1 Å². The van der Waals surface area contributed by atoms with Crippen LogP contribution in [0.15, 0.2) is 34.7 Å². The Morgan fingerprint density at radius 2 is 2.00 bits per heavy atom. The second kappa shape index (κ2) is 4.10. The van der Waals surface area contributed by atoms with Gasteiger partial charge in [-0.3, -0.25) is 4.79 Å². The number of furan rings is 1. The van der Waals surface area contributed by atoms with E-state index in [4.69, 9.17) is 10.2 Å². The molecule has 84 valence electrons. The summed E-state index contributed by atoms with van der Waals surface area (Å²) in [6, 6.07) is 8.79. The highest BCUT2D eigenvalue weighted by Crippen LogP contribution is 2.20. The van der Waals surface area contributed by atoms with Crippen LogP contribution in [0.5, 0.6) is 0 Å². The van der Waals surface area contributed by atoms with E-state index in [0.29, 0.717) is 5.76 Å². The molecule has 2 aromatic rings. The Kier molecular flexibility index (Phi) is 2.79. The average Bonchev–Trinajstić information content (AvgIpc) is 2.70. The zero-order valence-electron chi connectivity index (χ0n) is 9.44. The van der Waals surface area contributed by atoms with Crippen LogP contribution in [-0.4, -0.2) is 11.8 Å². The molecule has 1 aromatic heterocycles. The van der Waals surface area contributed by atoms with Gasteiger partial charge in [-0.25, -0.2) is 0 Å². The van der Waals surface area contributed by atoms with E-state index in [0.717, 1.165) is 11.0 Å². The van der Waals surface area contributed by atoms with E-state index in [-0.39, 0.29) is 11.7 Å². The lowest BCUT2D eigenvalue weighted by molar-refractivity contribution is 0.0915. The van der Waals surface area contributed by atoms with Gasteiger partial charge in [-0.05, 0) is 18.1 Å². The van der Waals surface area contributed by atoms with Gasteiger partial charge in [0.25, 0.3) is 0 Å². The smallest absolute Gasteiger partial charge is 0.214 e. The second-order valence-electron chi connectivity index (χ2n) is 4.28. The number of para-hydroxylation sites is 1. The summed E-state index contributed by atoms with van der Waals surface area (Å²) in [4.78, 5) is 11.9. The lowest BCUT2D eigenvalue weighted by atomic mass is 9.99. The van der Waals surface area contributed by atoms with Crippen molar-refractivity contribution in [3.63, 3.8) is 0 Å². The number of fused-ring (bicyclic) bond motifs is 1. The van der Waals surface area contributed by atoms with Crippen LogP contribution in [0.25, 0.3) is 11.0 Å². The zero-order chi connectivity index (χ0) is 11.7. The number of nitrogens with two attached hydrogens (primary N) is 1. The van der Waals surface area contributed by atoms with Crippen molar-refractivity contribution < 1.29 is 9.21 Å². The van der Waals surface area contributed by atoms with E-state index in [2.05, 4.69) is 0 Å². The van der Waals surface area contributed by atoms with Crippen molar-refractivity contribution in [1.82, 2.24) is 0 Å². The average molecular weight is 217 g/mol. The van der Waals surface area contributed by atoms with Gasteiger partial charge in [0.05, 0.1) is 6.04 Å². The molecule has 2 rings (SSSR count). The fraction of sp³-hybridized carbons (Fsp3) is 0.308. The molecule has 16 heavy (non-hydrogen) atoms. The van der Waals surface area contributed by atoms with Crippen LogP contribution in [0.1, 0.15) is 24.4 Å². The number of carbonyl (C=O) groups is 1. The molecule has 1 heterocycles. The van der Waals surface area contributed by atoms with Crippen LogP contribution in [0, 0.1) is 5.92 Å². The Morgan fingerprint density at radius 1 is 1.31 bits per heavy atom. The molecule has 0 aliphatic rings. The lowest BCUT2D eigenvalue weighted by Gasteiger charge is -2.11. The maximum atomic E-state index is 11.9. The van der Waals surface area contributed by atoms with Crippen molar-refractivity contribution in [3.8, 4) is 0 Å². The number of ketones is 1. The summed E-state index contributed by atoms with van der Waals surface area (Å²) in [6.45, 7) is 3.84. The number of benzene rings is 1. The molecule has 0 saturated carbocycles. The highest BCUT2D eigenvalue weighted by atomic mass is 16.3. The van der Waals surface area contributed by atoms with Gasteiger partial charge in [0.1, 0.15) is 5.58 Å². The minimum Gasteiger partial charge on any atom is -0.453 e. The molecule has 2 N–H and O–H groups in total. The topological polar surface area (TPSA) is 56.2 Å². The van der Waals surface area contributed by atoms with Gasteiger partial charge in [-0.2, -0.15) is 0 Å². The van der Waals surface area contributed by atoms with Crippen LogP contribution >= 0.6 is 0 Å². The summed E-state index contributed by atoms with van der Waals surface area (Å²) in [5.74, 6) is 0.328. The third-order valence-corrected chi connectivity index (χ3v) is 2.69. The number of hydrogen-bond donors (Lipinski definition) is 1. The predicted molar refractivity (Wildman–Crippen MR) is 63.4 cm³/mol. The highest BCUT2D eigenvalue weighted by molar-refractivity contribution is 6.00. The summed E-state index contributed by atoms with van der Waals surface area (Å²) in [5.41, 5.74) is 6.53. The molecule has 1 unspecified atom stereocenters. The summed E-state index contributed by atoms with van der Waals surface area (Å²) >= 11 is 0. The van der Waals surface area contributed by atoms with E-state index >= 15 is 0 Å². The predicted octanol–water partition coefficient (Wildman–Crippen LogP) is 2.60. The van der Waals surface area contributed by atoms with Crippen molar-refractivity contribution >= 4 is 16.8 Å². The van der Waals surface area contributed by atoms with Crippen LogP contribution in [-0.2, 0) is 0 Å². The summed E-state index contributed by atoms with van der Waals surface area (Å²) in [7, 11) is 0. The molecule has 0 aliphatic heterocycles. The van der Waals surface area contributed by atoms with E-state index < -0.39 is 6.04 Å². The summed E-state index contributed by atoms with van der Waals surface area (Å²) in [6.07, 6.45) is 0. The third kappa shape index (κ3) is 1.86. The first kappa shape index (κ1) is 10.9. The minimum absolute atomic E-state index is 0.112. The number of carbonyl (C=O) groups excluding carboxylic acids is 1. The molecular formula is C13H15NO2.